The van der Waals surface area contributed by atoms with Gasteiger partial charge in [-0.05, 0) is 43.9 Å². The van der Waals surface area contributed by atoms with E-state index in [0.717, 1.165) is 30.5 Å². The Morgan fingerprint density at radius 2 is 1.97 bits per heavy atom. The highest BCUT2D eigenvalue weighted by molar-refractivity contribution is 8.15. The van der Waals surface area contributed by atoms with E-state index in [-0.39, 0.29) is 24.0 Å². The molecule has 4 rings (SSSR count). The number of hydrogen-bond acceptors (Lipinski definition) is 6. The number of thioether (sulfide) groups is 1. The first-order valence-corrected chi connectivity index (χ1v) is 11.0. The summed E-state index contributed by atoms with van der Waals surface area (Å²) in [5, 5.41) is 13.9. The summed E-state index contributed by atoms with van der Waals surface area (Å²) >= 11 is 1.20. The summed E-state index contributed by atoms with van der Waals surface area (Å²) in [4.78, 5) is 36.2. The highest BCUT2D eigenvalue weighted by Crippen LogP contribution is 2.25. The molecular formula is C23H22N4O3S. The van der Waals surface area contributed by atoms with Gasteiger partial charge in [0.05, 0.1) is 5.71 Å². The van der Waals surface area contributed by atoms with E-state index in [9.17, 15) is 14.4 Å². The normalized spacial score (nSPS) is 20.4. The molecule has 1 heterocycles. The minimum absolute atomic E-state index is 0.000770. The average molecular weight is 435 g/mol. The molecule has 1 fully saturated rings. The summed E-state index contributed by atoms with van der Waals surface area (Å²) in [6.07, 6.45) is 2.90. The predicted molar refractivity (Wildman–Crippen MR) is 123 cm³/mol. The first kappa shape index (κ1) is 21.0. The number of rotatable bonds is 5. The summed E-state index contributed by atoms with van der Waals surface area (Å²) in [5.74, 6) is -0.646. The lowest BCUT2D eigenvalue weighted by Gasteiger charge is -2.16. The van der Waals surface area contributed by atoms with Gasteiger partial charge in [-0.15, -0.1) is 5.10 Å². The highest BCUT2D eigenvalue weighted by atomic mass is 32.2. The van der Waals surface area contributed by atoms with Crippen LogP contribution in [0.5, 0.6) is 0 Å². The van der Waals surface area contributed by atoms with Crippen molar-refractivity contribution in [1.82, 2.24) is 5.32 Å². The number of Topliss-reactive ketones (excluding diaryl/α,β-unsaturated/α-hetero) is 1. The monoisotopic (exact) mass is 434 g/mol. The van der Waals surface area contributed by atoms with E-state index < -0.39 is 5.25 Å². The summed E-state index contributed by atoms with van der Waals surface area (Å²) in [6.45, 7) is 1.47. The van der Waals surface area contributed by atoms with Crippen LogP contribution in [-0.4, -0.2) is 33.7 Å². The molecule has 2 aromatic carbocycles. The Kier molecular flexibility index (Phi) is 6.27. The van der Waals surface area contributed by atoms with Crippen LogP contribution in [0.4, 0.5) is 5.69 Å². The van der Waals surface area contributed by atoms with Crippen LogP contribution < -0.4 is 10.6 Å². The number of benzene rings is 2. The second-order valence-electron chi connectivity index (χ2n) is 7.45. The average Bonchev–Trinajstić information content (AvgIpc) is 3.11. The number of carbonyl (C=O) groups excluding carboxylic acids is 3. The van der Waals surface area contributed by atoms with Gasteiger partial charge in [-0.1, -0.05) is 48.2 Å². The van der Waals surface area contributed by atoms with Crippen LogP contribution in [0.3, 0.4) is 0 Å². The molecule has 0 spiro atoms. The first-order chi connectivity index (χ1) is 15.0. The zero-order valence-electron chi connectivity index (χ0n) is 17.1. The summed E-state index contributed by atoms with van der Waals surface area (Å²) in [6, 6.07) is 14.9. The quantitative estimate of drug-likeness (QED) is 0.555. The van der Waals surface area contributed by atoms with Gasteiger partial charge >= 0.3 is 0 Å². The van der Waals surface area contributed by atoms with Gasteiger partial charge in [-0.2, -0.15) is 5.10 Å². The molecule has 2 aromatic rings. The first-order valence-electron chi connectivity index (χ1n) is 10.1. The van der Waals surface area contributed by atoms with Crippen LogP contribution in [0.1, 0.15) is 47.7 Å². The molecule has 1 aliphatic carbocycles. The van der Waals surface area contributed by atoms with Crippen molar-refractivity contribution >= 4 is 45.9 Å². The maximum atomic E-state index is 12.4. The molecule has 31 heavy (non-hydrogen) atoms. The molecule has 0 aromatic heterocycles. The fourth-order valence-corrected chi connectivity index (χ4v) is 4.51. The van der Waals surface area contributed by atoms with Crippen molar-refractivity contribution in [1.29, 1.82) is 0 Å². The fourth-order valence-electron chi connectivity index (χ4n) is 3.59. The summed E-state index contributed by atoms with van der Waals surface area (Å²) in [5.41, 5.74) is 4.33. The van der Waals surface area contributed by atoms with E-state index in [1.807, 2.05) is 18.2 Å². The molecule has 1 saturated heterocycles. The molecule has 2 aliphatic rings. The third-order valence-corrected chi connectivity index (χ3v) is 6.22. The molecular weight excluding hydrogens is 412 g/mol. The molecule has 0 bridgehead atoms. The van der Waals surface area contributed by atoms with E-state index in [2.05, 4.69) is 26.9 Å². The van der Waals surface area contributed by atoms with Crippen molar-refractivity contribution in [2.45, 2.75) is 37.9 Å². The smallest absolute Gasteiger partial charge is 0.240 e. The molecule has 1 aliphatic heterocycles. The number of amidine groups is 1. The van der Waals surface area contributed by atoms with Gasteiger partial charge in [-0.25, -0.2) is 0 Å². The minimum Gasteiger partial charge on any atom is -0.326 e. The topological polar surface area (TPSA) is 100.0 Å². The summed E-state index contributed by atoms with van der Waals surface area (Å²) in [7, 11) is 0. The van der Waals surface area contributed by atoms with Gasteiger partial charge in [0.2, 0.25) is 11.8 Å². The number of aryl methyl sites for hydroxylation is 1. The van der Waals surface area contributed by atoms with Gasteiger partial charge in [-0.3, -0.25) is 14.4 Å². The number of nitrogens with one attached hydrogen (secondary N) is 2. The Morgan fingerprint density at radius 1 is 1.13 bits per heavy atom. The predicted octanol–water partition coefficient (Wildman–Crippen LogP) is 3.55. The van der Waals surface area contributed by atoms with Crippen molar-refractivity contribution in [2.24, 2.45) is 10.2 Å². The van der Waals surface area contributed by atoms with Crippen molar-refractivity contribution in [2.75, 3.05) is 5.32 Å². The Morgan fingerprint density at radius 3 is 2.81 bits per heavy atom. The minimum atomic E-state index is -0.575. The van der Waals surface area contributed by atoms with Crippen molar-refractivity contribution in [3.8, 4) is 0 Å². The SMILES string of the molecule is CC(=O)c1cccc(NC(=O)CC2SC(=NN=C3CCCc4ccccc43)NC2=O)c1. The number of anilines is 1. The Balaban J connectivity index is 1.39. The number of nitrogens with zero attached hydrogens (tertiary/aromatic N) is 2. The van der Waals surface area contributed by atoms with Crippen LogP contribution in [0, 0.1) is 0 Å². The maximum absolute atomic E-state index is 12.4. The maximum Gasteiger partial charge on any atom is 0.240 e. The second kappa shape index (κ2) is 9.26. The zero-order chi connectivity index (χ0) is 21.8. The Hall–Kier alpha value is -3.26. The third kappa shape index (κ3) is 5.08. The largest absolute Gasteiger partial charge is 0.326 e. The lowest BCUT2D eigenvalue weighted by atomic mass is 9.90. The van der Waals surface area contributed by atoms with E-state index in [0.29, 0.717) is 16.4 Å². The standard InChI is InChI=1S/C23H22N4O3S/c1-14(28)16-8-4-9-17(12-16)24-21(29)13-20-22(30)25-23(31-20)27-26-19-11-5-7-15-6-2-3-10-18(15)19/h2-4,6,8-10,12,20H,5,7,11,13H2,1H3,(H,24,29)(H,25,27,30). The van der Waals surface area contributed by atoms with E-state index in [4.69, 9.17) is 0 Å². The Labute approximate surface area is 184 Å². The van der Waals surface area contributed by atoms with Crippen LogP contribution in [0.25, 0.3) is 0 Å². The zero-order valence-corrected chi connectivity index (χ0v) is 17.9. The number of ketones is 1. The second-order valence-corrected chi connectivity index (χ2v) is 8.64. The Bertz CT molecular complexity index is 1110. The third-order valence-electron chi connectivity index (χ3n) is 5.15. The number of carbonyl (C=O) groups is 3. The van der Waals surface area contributed by atoms with E-state index in [1.165, 1.54) is 24.2 Å². The van der Waals surface area contributed by atoms with Crippen LogP contribution in [0.2, 0.25) is 0 Å². The number of fused-ring (bicyclic) bond motifs is 1. The molecule has 1 unspecified atom stereocenters. The van der Waals surface area contributed by atoms with Crippen molar-refractivity contribution < 1.29 is 14.4 Å². The van der Waals surface area contributed by atoms with Gasteiger partial charge in [0.25, 0.3) is 0 Å². The van der Waals surface area contributed by atoms with Gasteiger partial charge in [0.1, 0.15) is 5.25 Å². The molecule has 0 radical (unpaired) electrons. The molecule has 1 atom stereocenters. The van der Waals surface area contributed by atoms with E-state index >= 15 is 0 Å². The molecule has 2 amide bonds. The lowest BCUT2D eigenvalue weighted by Crippen LogP contribution is -2.28. The van der Waals surface area contributed by atoms with Gasteiger partial charge < -0.3 is 10.6 Å². The molecule has 7 nitrogen and oxygen atoms in total. The van der Waals surface area contributed by atoms with Crippen LogP contribution >= 0.6 is 11.8 Å². The number of hydrogen-bond donors (Lipinski definition) is 2. The fraction of sp³-hybridized carbons (Fsp3) is 0.261. The van der Waals surface area contributed by atoms with Crippen molar-refractivity contribution in [3.63, 3.8) is 0 Å². The highest BCUT2D eigenvalue weighted by Gasteiger charge is 2.32. The molecule has 0 saturated carbocycles. The van der Waals surface area contributed by atoms with E-state index in [1.54, 1.807) is 24.3 Å². The lowest BCUT2D eigenvalue weighted by molar-refractivity contribution is -0.122. The molecule has 2 N–H and O–H groups in total. The van der Waals surface area contributed by atoms with Crippen molar-refractivity contribution in [3.05, 3.63) is 65.2 Å². The van der Waals surface area contributed by atoms with Crippen LogP contribution in [-0.2, 0) is 16.0 Å². The van der Waals surface area contributed by atoms with Gasteiger partial charge in [0, 0.05) is 23.2 Å². The number of amides is 2. The van der Waals surface area contributed by atoms with Crippen LogP contribution in [0.15, 0.2) is 58.7 Å². The summed E-state index contributed by atoms with van der Waals surface area (Å²) < 4.78 is 0. The van der Waals surface area contributed by atoms with Gasteiger partial charge in [0.15, 0.2) is 11.0 Å². The molecule has 158 valence electrons. The molecule has 8 heteroatoms.